The van der Waals surface area contributed by atoms with Crippen molar-refractivity contribution in [3.8, 4) is 0 Å². The van der Waals surface area contributed by atoms with Gasteiger partial charge in [0.05, 0.1) is 29.4 Å². The Morgan fingerprint density at radius 2 is 1.87 bits per heavy atom. The molecule has 0 unspecified atom stereocenters. The number of hydrogen-bond acceptors (Lipinski definition) is 5. The van der Waals surface area contributed by atoms with E-state index in [0.29, 0.717) is 27.3 Å². The summed E-state index contributed by atoms with van der Waals surface area (Å²) < 4.78 is 6.51. The predicted molar refractivity (Wildman–Crippen MR) is 113 cm³/mol. The molecule has 0 spiro atoms. The number of nitrogens with one attached hydrogen (secondary N) is 2. The molecule has 0 fully saturated rings. The first-order chi connectivity index (χ1) is 14.5. The molecular formula is C21H15ClN4O4. The van der Waals surface area contributed by atoms with Crippen molar-refractivity contribution in [3.63, 3.8) is 0 Å². The van der Waals surface area contributed by atoms with Gasteiger partial charge in [-0.25, -0.2) is 0 Å². The molecule has 2 amide bonds. The minimum atomic E-state index is -0.481. The molecule has 30 heavy (non-hydrogen) atoms. The number of carbonyl (C=O) groups is 2. The monoisotopic (exact) mass is 422 g/mol. The third kappa shape index (κ3) is 4.08. The van der Waals surface area contributed by atoms with Gasteiger partial charge in [0.25, 0.3) is 5.91 Å². The largest absolute Gasteiger partial charge is 0.459 e. The van der Waals surface area contributed by atoms with Crippen molar-refractivity contribution < 1.29 is 14.0 Å². The fourth-order valence-corrected chi connectivity index (χ4v) is 3.11. The van der Waals surface area contributed by atoms with Gasteiger partial charge in [0, 0.05) is 10.4 Å². The summed E-state index contributed by atoms with van der Waals surface area (Å²) in [6.07, 6.45) is 2.56. The Labute approximate surface area is 175 Å². The molecule has 8 nitrogen and oxygen atoms in total. The van der Waals surface area contributed by atoms with Crippen molar-refractivity contribution in [1.29, 1.82) is 0 Å². The van der Waals surface area contributed by atoms with E-state index in [0.717, 1.165) is 0 Å². The number of fused-ring (bicyclic) bond motifs is 1. The van der Waals surface area contributed by atoms with Crippen LogP contribution in [0.1, 0.15) is 10.6 Å². The normalized spacial score (nSPS) is 10.7. The van der Waals surface area contributed by atoms with Crippen LogP contribution in [0.5, 0.6) is 0 Å². The summed E-state index contributed by atoms with van der Waals surface area (Å²) in [7, 11) is 0. The maximum atomic E-state index is 12.6. The predicted octanol–water partition coefficient (Wildman–Crippen LogP) is 3.53. The second-order valence-electron chi connectivity index (χ2n) is 6.35. The van der Waals surface area contributed by atoms with E-state index in [1.807, 2.05) is 0 Å². The maximum absolute atomic E-state index is 12.6. The number of carbonyl (C=O) groups excluding carboxylic acids is 2. The Kier molecular flexibility index (Phi) is 5.32. The van der Waals surface area contributed by atoms with E-state index in [2.05, 4.69) is 15.7 Å². The molecule has 0 bridgehead atoms. The molecule has 9 heteroatoms. The van der Waals surface area contributed by atoms with Crippen LogP contribution in [0.4, 0.5) is 11.4 Å². The lowest BCUT2D eigenvalue weighted by molar-refractivity contribution is -0.116. The topological polar surface area (TPSA) is 106 Å². The van der Waals surface area contributed by atoms with Crippen molar-refractivity contribution in [3.05, 3.63) is 88.1 Å². The Bertz CT molecular complexity index is 1300. The Morgan fingerprint density at radius 1 is 1.03 bits per heavy atom. The van der Waals surface area contributed by atoms with E-state index in [9.17, 15) is 14.4 Å². The smallest absolute Gasteiger partial charge is 0.291 e. The molecule has 4 rings (SSSR count). The van der Waals surface area contributed by atoms with Crippen LogP contribution in [-0.2, 0) is 11.3 Å². The molecule has 0 saturated carbocycles. The number of benzene rings is 2. The first-order valence-electron chi connectivity index (χ1n) is 8.90. The highest BCUT2D eigenvalue weighted by molar-refractivity contribution is 6.31. The van der Waals surface area contributed by atoms with Crippen molar-refractivity contribution in [2.45, 2.75) is 6.54 Å². The Hall–Kier alpha value is -3.91. The number of hydrogen-bond donors (Lipinski definition) is 2. The molecule has 150 valence electrons. The van der Waals surface area contributed by atoms with Gasteiger partial charge in [-0.3, -0.25) is 19.1 Å². The standard InChI is InChI=1S/C21H15ClN4O4/c22-13-7-8-15(16(10-13)25-21(29)19-6-3-9-30-19)24-20(28)12-26-17-5-2-1-4-14(17)18(27)11-23-26/h1-11H,12H2,(H,24,28)(H,25,29). The number of rotatable bonds is 5. The SMILES string of the molecule is O=C(Cn1ncc(=O)c2ccccc21)Nc1ccc(Cl)cc1NC(=O)c1ccco1. The van der Waals surface area contributed by atoms with E-state index in [-0.39, 0.29) is 17.7 Å². The number of aromatic nitrogens is 2. The highest BCUT2D eigenvalue weighted by Crippen LogP contribution is 2.26. The quantitative estimate of drug-likeness (QED) is 0.511. The number of furan rings is 1. The molecule has 0 radical (unpaired) electrons. The third-order valence-corrected chi connectivity index (χ3v) is 4.54. The van der Waals surface area contributed by atoms with Gasteiger partial charge in [-0.05, 0) is 42.5 Å². The van der Waals surface area contributed by atoms with Gasteiger partial charge in [0.15, 0.2) is 5.76 Å². The lowest BCUT2D eigenvalue weighted by atomic mass is 10.2. The molecule has 0 aliphatic rings. The van der Waals surface area contributed by atoms with Gasteiger partial charge >= 0.3 is 0 Å². The van der Waals surface area contributed by atoms with Crippen LogP contribution in [0.2, 0.25) is 5.02 Å². The Balaban J connectivity index is 1.56. The summed E-state index contributed by atoms with van der Waals surface area (Å²) in [6.45, 7) is -0.130. The van der Waals surface area contributed by atoms with Gasteiger partial charge in [0.2, 0.25) is 11.3 Å². The van der Waals surface area contributed by atoms with Crippen LogP contribution < -0.4 is 16.1 Å². The highest BCUT2D eigenvalue weighted by Gasteiger charge is 2.15. The average Bonchev–Trinajstić information content (AvgIpc) is 3.27. The minimum absolute atomic E-state index is 0.121. The maximum Gasteiger partial charge on any atom is 0.291 e. The van der Waals surface area contributed by atoms with Gasteiger partial charge < -0.3 is 15.1 Å². The van der Waals surface area contributed by atoms with Gasteiger partial charge in [0.1, 0.15) is 6.54 Å². The third-order valence-electron chi connectivity index (χ3n) is 4.30. The second-order valence-corrected chi connectivity index (χ2v) is 6.79. The minimum Gasteiger partial charge on any atom is -0.459 e. The highest BCUT2D eigenvalue weighted by atomic mass is 35.5. The van der Waals surface area contributed by atoms with Crippen molar-refractivity contribution >= 4 is 45.7 Å². The number of nitrogens with zero attached hydrogens (tertiary/aromatic N) is 2. The summed E-state index contributed by atoms with van der Waals surface area (Å²) in [6, 6.07) is 14.7. The van der Waals surface area contributed by atoms with Gasteiger partial charge in [-0.2, -0.15) is 5.10 Å². The zero-order valence-electron chi connectivity index (χ0n) is 15.5. The average molecular weight is 423 g/mol. The van der Waals surface area contributed by atoms with E-state index in [1.165, 1.54) is 29.3 Å². The zero-order chi connectivity index (χ0) is 21.1. The van der Waals surface area contributed by atoms with E-state index >= 15 is 0 Å². The fraction of sp³-hybridized carbons (Fsp3) is 0.0476. The van der Waals surface area contributed by atoms with Crippen LogP contribution in [0.3, 0.4) is 0 Å². The first-order valence-corrected chi connectivity index (χ1v) is 9.28. The summed E-state index contributed by atoms with van der Waals surface area (Å²) in [5.74, 6) is -0.755. The van der Waals surface area contributed by atoms with Gasteiger partial charge in [-0.1, -0.05) is 23.7 Å². The van der Waals surface area contributed by atoms with Crippen LogP contribution >= 0.6 is 11.6 Å². The van der Waals surface area contributed by atoms with Crippen molar-refractivity contribution in [1.82, 2.24) is 9.78 Å². The van der Waals surface area contributed by atoms with E-state index < -0.39 is 11.8 Å². The molecule has 4 aromatic rings. The lowest BCUT2D eigenvalue weighted by Gasteiger charge is -2.13. The van der Waals surface area contributed by atoms with Crippen LogP contribution in [0.15, 0.2) is 76.3 Å². The Morgan fingerprint density at radius 3 is 2.67 bits per heavy atom. The molecule has 2 heterocycles. The first kappa shape index (κ1) is 19.4. The van der Waals surface area contributed by atoms with Crippen molar-refractivity contribution in [2.75, 3.05) is 10.6 Å². The van der Waals surface area contributed by atoms with Crippen molar-refractivity contribution in [2.24, 2.45) is 0 Å². The van der Waals surface area contributed by atoms with E-state index in [4.69, 9.17) is 16.0 Å². The summed E-state index contributed by atoms with van der Waals surface area (Å²) in [5.41, 5.74) is 0.995. The zero-order valence-corrected chi connectivity index (χ0v) is 16.2. The van der Waals surface area contributed by atoms with E-state index in [1.54, 1.807) is 42.5 Å². The summed E-state index contributed by atoms with van der Waals surface area (Å²) in [4.78, 5) is 36.9. The molecule has 0 atom stereocenters. The summed E-state index contributed by atoms with van der Waals surface area (Å²) in [5, 5.41) is 10.3. The molecule has 2 N–H and O–H groups in total. The number of anilines is 2. The molecular weight excluding hydrogens is 408 g/mol. The lowest BCUT2D eigenvalue weighted by Crippen LogP contribution is -2.23. The van der Waals surface area contributed by atoms with Gasteiger partial charge in [-0.15, -0.1) is 0 Å². The van der Waals surface area contributed by atoms with Crippen LogP contribution in [-0.4, -0.2) is 21.6 Å². The fourth-order valence-electron chi connectivity index (χ4n) is 2.93. The number of halogens is 1. The molecule has 2 aromatic heterocycles. The molecule has 0 aliphatic heterocycles. The van der Waals surface area contributed by atoms with Crippen LogP contribution in [0, 0.1) is 0 Å². The summed E-state index contributed by atoms with van der Waals surface area (Å²) >= 11 is 6.04. The van der Waals surface area contributed by atoms with Crippen LogP contribution in [0.25, 0.3) is 10.9 Å². The molecule has 0 saturated heterocycles. The molecule has 0 aliphatic carbocycles. The second kappa shape index (κ2) is 8.22. The number of para-hydroxylation sites is 1. The number of amides is 2. The molecule has 2 aromatic carbocycles.